The summed E-state index contributed by atoms with van der Waals surface area (Å²) >= 11 is 0. The Kier molecular flexibility index (Phi) is 6.24. The summed E-state index contributed by atoms with van der Waals surface area (Å²) in [6.07, 6.45) is 0. The van der Waals surface area contributed by atoms with Crippen molar-refractivity contribution in [3.63, 3.8) is 0 Å². The van der Waals surface area contributed by atoms with Crippen molar-refractivity contribution >= 4 is 15.8 Å². The summed E-state index contributed by atoms with van der Waals surface area (Å²) < 4.78 is 51.5. The number of hydrogen-bond donors (Lipinski definition) is 0. The Bertz CT molecular complexity index is 1200. The number of nitrogens with zero attached hydrogens (tertiary/aromatic N) is 4. The topological polar surface area (TPSA) is 84.9 Å². The maximum Gasteiger partial charge on any atom is 0.246 e. The number of methoxy groups -OCH3 is 2. The molecule has 168 valence electrons. The number of sulfonamides is 1. The fourth-order valence-corrected chi connectivity index (χ4v) is 5.17. The van der Waals surface area contributed by atoms with E-state index in [1.807, 2.05) is 41.3 Å². The summed E-state index contributed by atoms with van der Waals surface area (Å²) in [7, 11) is -0.920. The van der Waals surface area contributed by atoms with E-state index < -0.39 is 15.8 Å². The molecular weight excluding hydrogens is 435 g/mol. The third-order valence-electron chi connectivity index (χ3n) is 5.32. The zero-order valence-electron chi connectivity index (χ0n) is 17.7. The van der Waals surface area contributed by atoms with Crippen LogP contribution in [0.3, 0.4) is 0 Å². The molecule has 8 nitrogen and oxygen atoms in total. The molecule has 1 aromatic heterocycles. The molecule has 0 aliphatic carbocycles. The quantitative estimate of drug-likeness (QED) is 0.562. The second-order valence-corrected chi connectivity index (χ2v) is 9.10. The predicted octanol–water partition coefficient (Wildman–Crippen LogP) is 2.81. The zero-order valence-corrected chi connectivity index (χ0v) is 18.5. The molecule has 0 unspecified atom stereocenters. The van der Waals surface area contributed by atoms with Crippen molar-refractivity contribution in [3.05, 3.63) is 60.4 Å². The molecule has 0 bridgehead atoms. The number of piperazine rings is 1. The average molecular weight is 459 g/mol. The average Bonchev–Trinajstić information content (AvgIpc) is 2.84. The van der Waals surface area contributed by atoms with Gasteiger partial charge in [0.05, 0.1) is 19.9 Å². The van der Waals surface area contributed by atoms with Gasteiger partial charge >= 0.3 is 0 Å². The molecule has 4 rings (SSSR count). The lowest BCUT2D eigenvalue weighted by Gasteiger charge is -2.34. The second kappa shape index (κ2) is 9.09. The van der Waals surface area contributed by atoms with Gasteiger partial charge in [-0.3, -0.25) is 0 Å². The summed E-state index contributed by atoms with van der Waals surface area (Å²) in [6.45, 7) is 1.34. The lowest BCUT2D eigenvalue weighted by molar-refractivity contribution is 0.372. The third kappa shape index (κ3) is 4.37. The minimum absolute atomic E-state index is 0.118. The number of benzene rings is 2. The number of rotatable bonds is 6. The Labute approximate surface area is 186 Å². The fourth-order valence-electron chi connectivity index (χ4n) is 3.58. The first-order valence-electron chi connectivity index (χ1n) is 9.99. The van der Waals surface area contributed by atoms with Gasteiger partial charge in [-0.2, -0.15) is 4.31 Å². The molecule has 1 fully saturated rings. The maximum absolute atomic E-state index is 13.7. The van der Waals surface area contributed by atoms with Crippen LogP contribution in [0.2, 0.25) is 0 Å². The molecule has 1 saturated heterocycles. The summed E-state index contributed by atoms with van der Waals surface area (Å²) in [4.78, 5) is 1.80. The van der Waals surface area contributed by atoms with Gasteiger partial charge in [-0.05, 0) is 42.5 Å². The van der Waals surface area contributed by atoms with E-state index in [9.17, 15) is 12.8 Å². The Morgan fingerprint density at radius 1 is 0.906 bits per heavy atom. The molecule has 0 atom stereocenters. The molecule has 2 aromatic carbocycles. The monoisotopic (exact) mass is 458 g/mol. The minimum Gasteiger partial charge on any atom is -0.497 e. The van der Waals surface area contributed by atoms with Gasteiger partial charge in [0.15, 0.2) is 5.82 Å². The summed E-state index contributed by atoms with van der Waals surface area (Å²) in [5.74, 6) is 0.889. The standard InChI is InChI=1S/C22H23FN4O4S/c1-30-18-5-3-4-16(14-18)19-7-9-22(25-24-19)26-10-12-27(13-11-26)32(28,29)21-15-17(23)6-8-20(21)31-2/h3-9,14-15H,10-13H2,1-2H3. The normalized spacial score (nSPS) is 14.9. The Hall–Kier alpha value is -3.24. The van der Waals surface area contributed by atoms with E-state index >= 15 is 0 Å². The van der Waals surface area contributed by atoms with Crippen LogP contribution in [0, 0.1) is 5.82 Å². The first kappa shape index (κ1) is 22.0. The number of ether oxygens (including phenoxy) is 2. The van der Waals surface area contributed by atoms with Crippen LogP contribution >= 0.6 is 0 Å². The highest BCUT2D eigenvalue weighted by Crippen LogP contribution is 2.29. The smallest absolute Gasteiger partial charge is 0.246 e. The summed E-state index contributed by atoms with van der Waals surface area (Å²) in [5.41, 5.74) is 1.61. The van der Waals surface area contributed by atoms with Gasteiger partial charge in [0, 0.05) is 31.7 Å². The molecule has 0 radical (unpaired) electrons. The van der Waals surface area contributed by atoms with Crippen LogP contribution in [0.15, 0.2) is 59.5 Å². The van der Waals surface area contributed by atoms with Crippen molar-refractivity contribution in [1.29, 1.82) is 0 Å². The van der Waals surface area contributed by atoms with Gasteiger partial charge in [-0.15, -0.1) is 10.2 Å². The van der Waals surface area contributed by atoms with Gasteiger partial charge in [0.1, 0.15) is 22.2 Å². The summed E-state index contributed by atoms with van der Waals surface area (Å²) in [5, 5.41) is 8.63. The molecule has 3 aromatic rings. The fraction of sp³-hybridized carbons (Fsp3) is 0.273. The van der Waals surface area contributed by atoms with Crippen LogP contribution in [0.5, 0.6) is 11.5 Å². The van der Waals surface area contributed by atoms with Gasteiger partial charge in [0.2, 0.25) is 10.0 Å². The van der Waals surface area contributed by atoms with Crippen LogP contribution in [0.1, 0.15) is 0 Å². The number of halogens is 1. The number of hydrogen-bond acceptors (Lipinski definition) is 7. The van der Waals surface area contributed by atoms with E-state index in [1.54, 1.807) is 7.11 Å². The predicted molar refractivity (Wildman–Crippen MR) is 118 cm³/mol. The van der Waals surface area contributed by atoms with Crippen molar-refractivity contribution in [2.24, 2.45) is 0 Å². The SMILES string of the molecule is COc1cccc(-c2ccc(N3CCN(S(=O)(=O)c4cc(F)ccc4OC)CC3)nn2)c1. The Morgan fingerprint density at radius 2 is 1.69 bits per heavy atom. The van der Waals surface area contributed by atoms with Gasteiger partial charge in [-0.25, -0.2) is 12.8 Å². The molecule has 0 N–H and O–H groups in total. The molecule has 10 heteroatoms. The highest BCUT2D eigenvalue weighted by molar-refractivity contribution is 7.89. The maximum atomic E-state index is 13.7. The van der Waals surface area contributed by atoms with Crippen molar-refractivity contribution in [2.75, 3.05) is 45.3 Å². The molecular formula is C22H23FN4O4S. The second-order valence-electron chi connectivity index (χ2n) is 7.20. The van der Waals surface area contributed by atoms with Crippen LogP contribution in [-0.4, -0.2) is 63.3 Å². The van der Waals surface area contributed by atoms with Crippen molar-refractivity contribution < 1.29 is 22.3 Å². The van der Waals surface area contributed by atoms with Crippen LogP contribution in [0.25, 0.3) is 11.3 Å². The molecule has 0 saturated carbocycles. The van der Waals surface area contributed by atoms with Gasteiger partial charge in [0.25, 0.3) is 0 Å². The summed E-state index contributed by atoms with van der Waals surface area (Å²) in [6, 6.07) is 14.8. The van der Waals surface area contributed by atoms with Crippen LogP contribution in [-0.2, 0) is 10.0 Å². The first-order chi connectivity index (χ1) is 15.4. The molecule has 1 aliphatic rings. The van der Waals surface area contributed by atoms with Crippen LogP contribution in [0.4, 0.5) is 10.2 Å². The lowest BCUT2D eigenvalue weighted by atomic mass is 10.1. The van der Waals surface area contributed by atoms with Crippen molar-refractivity contribution in [3.8, 4) is 22.8 Å². The van der Waals surface area contributed by atoms with E-state index in [0.717, 1.165) is 17.4 Å². The molecule has 1 aliphatic heterocycles. The number of aromatic nitrogens is 2. The van der Waals surface area contributed by atoms with E-state index in [1.165, 1.54) is 23.5 Å². The largest absolute Gasteiger partial charge is 0.497 e. The lowest BCUT2D eigenvalue weighted by Crippen LogP contribution is -2.49. The molecule has 0 spiro atoms. The molecule has 0 amide bonds. The van der Waals surface area contributed by atoms with E-state index in [-0.39, 0.29) is 23.7 Å². The minimum atomic E-state index is -3.89. The molecule has 2 heterocycles. The van der Waals surface area contributed by atoms with E-state index in [0.29, 0.717) is 24.6 Å². The Balaban J connectivity index is 1.46. The van der Waals surface area contributed by atoms with Gasteiger partial charge in [-0.1, -0.05) is 12.1 Å². The van der Waals surface area contributed by atoms with E-state index in [4.69, 9.17) is 9.47 Å². The third-order valence-corrected chi connectivity index (χ3v) is 7.24. The van der Waals surface area contributed by atoms with Gasteiger partial charge < -0.3 is 14.4 Å². The molecule has 32 heavy (non-hydrogen) atoms. The number of anilines is 1. The van der Waals surface area contributed by atoms with E-state index in [2.05, 4.69) is 10.2 Å². The van der Waals surface area contributed by atoms with Crippen LogP contribution < -0.4 is 14.4 Å². The zero-order chi connectivity index (χ0) is 22.7. The first-order valence-corrected chi connectivity index (χ1v) is 11.4. The van der Waals surface area contributed by atoms with Crippen molar-refractivity contribution in [1.82, 2.24) is 14.5 Å². The highest BCUT2D eigenvalue weighted by atomic mass is 32.2. The Morgan fingerprint density at radius 3 is 2.34 bits per heavy atom. The van der Waals surface area contributed by atoms with Crippen molar-refractivity contribution in [2.45, 2.75) is 4.90 Å². The highest BCUT2D eigenvalue weighted by Gasteiger charge is 2.31.